The quantitative estimate of drug-likeness (QED) is 0.622. The van der Waals surface area contributed by atoms with Crippen LogP contribution in [0.15, 0.2) is 36.7 Å². The summed E-state index contributed by atoms with van der Waals surface area (Å²) >= 11 is 0. The molecule has 1 fully saturated rings. The van der Waals surface area contributed by atoms with E-state index in [9.17, 15) is 14.9 Å². The molecule has 2 aromatic rings. The summed E-state index contributed by atoms with van der Waals surface area (Å²) in [4.78, 5) is 31.1. The van der Waals surface area contributed by atoms with E-state index in [0.717, 1.165) is 19.0 Å². The number of hydrogen-bond donors (Lipinski definition) is 0. The molecule has 126 valence electrons. The highest BCUT2D eigenvalue weighted by atomic mass is 16.6. The molecular weight excluding hydrogens is 310 g/mol. The molecule has 0 atom stereocenters. The van der Waals surface area contributed by atoms with Gasteiger partial charge in [-0.2, -0.15) is 0 Å². The Morgan fingerprint density at radius 3 is 2.67 bits per heavy atom. The van der Waals surface area contributed by atoms with E-state index in [4.69, 9.17) is 0 Å². The van der Waals surface area contributed by atoms with Gasteiger partial charge in [-0.25, -0.2) is 4.98 Å². The number of non-ortho nitro benzene ring substituents is 1. The smallest absolute Gasteiger partial charge is 0.269 e. The van der Waals surface area contributed by atoms with Crippen LogP contribution in [0.25, 0.3) is 0 Å². The summed E-state index contributed by atoms with van der Waals surface area (Å²) < 4.78 is 1.96. The van der Waals surface area contributed by atoms with E-state index in [0.29, 0.717) is 18.7 Å². The van der Waals surface area contributed by atoms with Crippen LogP contribution >= 0.6 is 0 Å². The number of nitro benzene ring substituents is 1. The summed E-state index contributed by atoms with van der Waals surface area (Å²) in [5.41, 5.74) is 0.681. The van der Waals surface area contributed by atoms with Gasteiger partial charge in [0.2, 0.25) is 11.9 Å². The molecule has 2 heterocycles. The number of nitrogens with zero attached hydrogens (tertiary/aromatic N) is 5. The Bertz CT molecular complexity index is 750. The number of imidazole rings is 1. The molecule has 0 bridgehead atoms. The third-order valence-corrected chi connectivity index (χ3v) is 4.19. The number of nitro groups is 1. The molecule has 0 radical (unpaired) electrons. The predicted molar refractivity (Wildman–Crippen MR) is 88.8 cm³/mol. The van der Waals surface area contributed by atoms with E-state index < -0.39 is 4.92 Å². The Morgan fingerprint density at radius 2 is 2.04 bits per heavy atom. The van der Waals surface area contributed by atoms with Crippen LogP contribution in [0.2, 0.25) is 0 Å². The van der Waals surface area contributed by atoms with Crippen molar-refractivity contribution in [2.75, 3.05) is 31.1 Å². The highest BCUT2D eigenvalue weighted by Crippen LogP contribution is 2.16. The highest BCUT2D eigenvalue weighted by Gasteiger charge is 2.23. The standard InChI is InChI=1S/C16H19N5O3/c1-18-6-5-17-16(18)20-9-7-19(8-10-20)15(22)12-13-3-2-4-14(11-13)21(23)24/h2-6,11H,7-10,12H2,1H3. The van der Waals surface area contributed by atoms with Crippen LogP contribution < -0.4 is 4.90 Å². The lowest BCUT2D eigenvalue weighted by Crippen LogP contribution is -2.49. The zero-order valence-corrected chi connectivity index (χ0v) is 13.5. The molecule has 1 aromatic carbocycles. The van der Waals surface area contributed by atoms with Crippen LogP contribution in [0, 0.1) is 10.1 Å². The number of aryl methyl sites for hydroxylation is 1. The maximum absolute atomic E-state index is 12.4. The summed E-state index contributed by atoms with van der Waals surface area (Å²) in [6, 6.07) is 6.25. The van der Waals surface area contributed by atoms with Crippen molar-refractivity contribution >= 4 is 17.5 Å². The summed E-state index contributed by atoms with van der Waals surface area (Å²) in [6.45, 7) is 2.71. The maximum Gasteiger partial charge on any atom is 0.269 e. The number of benzene rings is 1. The van der Waals surface area contributed by atoms with Crippen molar-refractivity contribution in [2.45, 2.75) is 6.42 Å². The molecule has 1 amide bonds. The molecular formula is C16H19N5O3. The monoisotopic (exact) mass is 329 g/mol. The van der Waals surface area contributed by atoms with E-state index in [1.807, 2.05) is 17.8 Å². The molecule has 8 heteroatoms. The van der Waals surface area contributed by atoms with E-state index in [2.05, 4.69) is 9.88 Å². The Balaban J connectivity index is 1.58. The molecule has 24 heavy (non-hydrogen) atoms. The fourth-order valence-corrected chi connectivity index (χ4v) is 2.88. The van der Waals surface area contributed by atoms with Gasteiger partial charge in [-0.05, 0) is 5.56 Å². The fraction of sp³-hybridized carbons (Fsp3) is 0.375. The van der Waals surface area contributed by atoms with Gasteiger partial charge in [-0.15, -0.1) is 0 Å². The van der Waals surface area contributed by atoms with Gasteiger partial charge >= 0.3 is 0 Å². The van der Waals surface area contributed by atoms with Crippen molar-refractivity contribution in [1.82, 2.24) is 14.5 Å². The topological polar surface area (TPSA) is 84.5 Å². The predicted octanol–water partition coefficient (Wildman–Crippen LogP) is 1.22. The second-order valence-corrected chi connectivity index (χ2v) is 5.81. The van der Waals surface area contributed by atoms with E-state index in [1.54, 1.807) is 23.2 Å². The van der Waals surface area contributed by atoms with Gasteiger partial charge in [0.25, 0.3) is 5.69 Å². The zero-order chi connectivity index (χ0) is 17.1. The van der Waals surface area contributed by atoms with Gasteiger partial charge in [0.1, 0.15) is 0 Å². The fourth-order valence-electron chi connectivity index (χ4n) is 2.88. The third-order valence-electron chi connectivity index (χ3n) is 4.19. The van der Waals surface area contributed by atoms with Gasteiger partial charge in [0, 0.05) is 57.8 Å². The van der Waals surface area contributed by atoms with Crippen LogP contribution in [-0.4, -0.2) is 51.5 Å². The minimum Gasteiger partial charge on any atom is -0.339 e. The lowest BCUT2D eigenvalue weighted by molar-refractivity contribution is -0.384. The van der Waals surface area contributed by atoms with Crippen molar-refractivity contribution < 1.29 is 9.72 Å². The summed E-state index contributed by atoms with van der Waals surface area (Å²) in [6.07, 6.45) is 3.84. The first-order valence-corrected chi connectivity index (χ1v) is 7.78. The largest absolute Gasteiger partial charge is 0.339 e. The van der Waals surface area contributed by atoms with E-state index in [1.165, 1.54) is 12.1 Å². The average molecular weight is 329 g/mol. The maximum atomic E-state index is 12.4. The van der Waals surface area contributed by atoms with Crippen molar-refractivity contribution in [2.24, 2.45) is 7.05 Å². The number of carbonyl (C=O) groups is 1. The van der Waals surface area contributed by atoms with Crippen molar-refractivity contribution in [3.8, 4) is 0 Å². The molecule has 1 aromatic heterocycles. The molecule has 1 aliphatic heterocycles. The highest BCUT2D eigenvalue weighted by molar-refractivity contribution is 5.79. The SMILES string of the molecule is Cn1ccnc1N1CCN(C(=O)Cc2cccc([N+](=O)[O-])c2)CC1. The number of carbonyl (C=O) groups excluding carboxylic acids is 1. The van der Waals surface area contributed by atoms with Crippen LogP contribution in [0.3, 0.4) is 0 Å². The summed E-state index contributed by atoms with van der Waals surface area (Å²) in [7, 11) is 1.95. The summed E-state index contributed by atoms with van der Waals surface area (Å²) in [5.74, 6) is 0.899. The molecule has 1 aliphatic rings. The Morgan fingerprint density at radius 1 is 1.29 bits per heavy atom. The first kappa shape index (κ1) is 16.0. The number of hydrogen-bond acceptors (Lipinski definition) is 5. The second-order valence-electron chi connectivity index (χ2n) is 5.81. The number of piperazine rings is 1. The Labute approximate surface area is 139 Å². The van der Waals surface area contributed by atoms with E-state index in [-0.39, 0.29) is 18.0 Å². The van der Waals surface area contributed by atoms with Gasteiger partial charge in [0.15, 0.2) is 0 Å². The zero-order valence-electron chi connectivity index (χ0n) is 13.5. The number of anilines is 1. The van der Waals surface area contributed by atoms with Gasteiger partial charge in [-0.3, -0.25) is 14.9 Å². The first-order chi connectivity index (χ1) is 11.5. The molecule has 8 nitrogen and oxygen atoms in total. The first-order valence-electron chi connectivity index (χ1n) is 7.78. The molecule has 3 rings (SSSR count). The lowest BCUT2D eigenvalue weighted by atomic mass is 10.1. The van der Waals surface area contributed by atoms with Crippen LogP contribution in [0.5, 0.6) is 0 Å². The Kier molecular flexibility index (Phi) is 4.45. The second kappa shape index (κ2) is 6.69. The number of amides is 1. The lowest BCUT2D eigenvalue weighted by Gasteiger charge is -2.35. The third kappa shape index (κ3) is 3.37. The molecule has 0 spiro atoms. The van der Waals surface area contributed by atoms with Gasteiger partial charge in [0.05, 0.1) is 11.3 Å². The van der Waals surface area contributed by atoms with Crippen molar-refractivity contribution in [1.29, 1.82) is 0 Å². The minimum atomic E-state index is -0.445. The van der Waals surface area contributed by atoms with E-state index >= 15 is 0 Å². The number of aromatic nitrogens is 2. The van der Waals surface area contributed by atoms with Crippen molar-refractivity contribution in [3.63, 3.8) is 0 Å². The molecule has 0 saturated carbocycles. The summed E-state index contributed by atoms with van der Waals surface area (Å²) in [5, 5.41) is 10.8. The van der Waals surface area contributed by atoms with Crippen LogP contribution in [-0.2, 0) is 18.3 Å². The van der Waals surface area contributed by atoms with Crippen molar-refractivity contribution in [3.05, 3.63) is 52.3 Å². The average Bonchev–Trinajstić information content (AvgIpc) is 3.01. The molecule has 1 saturated heterocycles. The minimum absolute atomic E-state index is 0.00464. The molecule has 0 unspecified atom stereocenters. The van der Waals surface area contributed by atoms with Crippen LogP contribution in [0.1, 0.15) is 5.56 Å². The Hall–Kier alpha value is -2.90. The van der Waals surface area contributed by atoms with Crippen LogP contribution in [0.4, 0.5) is 11.6 Å². The van der Waals surface area contributed by atoms with Gasteiger partial charge in [-0.1, -0.05) is 12.1 Å². The molecule has 0 aliphatic carbocycles. The van der Waals surface area contributed by atoms with Gasteiger partial charge < -0.3 is 14.4 Å². The molecule has 0 N–H and O–H groups in total. The normalized spacial score (nSPS) is 14.7. The number of rotatable bonds is 4.